The number of amides is 1. The highest BCUT2D eigenvalue weighted by molar-refractivity contribution is 5.99. The lowest BCUT2D eigenvalue weighted by molar-refractivity contribution is 0.0470. The van der Waals surface area contributed by atoms with Gasteiger partial charge in [0.25, 0.3) is 5.91 Å². The second kappa shape index (κ2) is 3.70. The third-order valence-electron chi connectivity index (χ3n) is 3.47. The lowest BCUT2D eigenvalue weighted by Crippen LogP contribution is -2.67. The molecule has 3 aliphatic heterocycles. The van der Waals surface area contributed by atoms with Gasteiger partial charge in [-0.1, -0.05) is 6.07 Å². The molecule has 3 N–H and O–H groups in total. The van der Waals surface area contributed by atoms with Crippen LogP contribution in [0.3, 0.4) is 0 Å². The minimum Gasteiger partial charge on any atom is -0.398 e. The number of halogens is 1. The quantitative estimate of drug-likeness (QED) is 0.701. The lowest BCUT2D eigenvalue weighted by Gasteiger charge is -2.48. The number of nitrogens with one attached hydrogen (secondary N) is 1. The van der Waals surface area contributed by atoms with Crippen molar-refractivity contribution < 1.29 is 9.18 Å². The number of carbonyl (C=O) groups is 1. The molecule has 2 unspecified atom stereocenters. The number of nitrogens with two attached hydrogens (primary N) is 1. The Morgan fingerprint density at radius 3 is 2.65 bits per heavy atom. The fraction of sp³-hybridized carbons (Fsp3) is 0.417. The van der Waals surface area contributed by atoms with Crippen LogP contribution in [0.1, 0.15) is 16.8 Å². The van der Waals surface area contributed by atoms with E-state index >= 15 is 0 Å². The zero-order valence-corrected chi connectivity index (χ0v) is 9.32. The summed E-state index contributed by atoms with van der Waals surface area (Å²) in [6.07, 6.45) is 1.11. The van der Waals surface area contributed by atoms with Gasteiger partial charge in [0.2, 0.25) is 0 Å². The topological polar surface area (TPSA) is 58.4 Å². The van der Waals surface area contributed by atoms with Crippen LogP contribution in [0.5, 0.6) is 0 Å². The van der Waals surface area contributed by atoms with Crippen molar-refractivity contribution in [2.75, 3.05) is 18.8 Å². The fourth-order valence-electron chi connectivity index (χ4n) is 2.60. The maximum atomic E-state index is 13.6. The molecule has 0 radical (unpaired) electrons. The van der Waals surface area contributed by atoms with Crippen LogP contribution < -0.4 is 11.1 Å². The van der Waals surface area contributed by atoms with Gasteiger partial charge >= 0.3 is 0 Å². The van der Waals surface area contributed by atoms with Crippen molar-refractivity contribution in [3.63, 3.8) is 0 Å². The third kappa shape index (κ3) is 1.67. The number of hydrogen-bond acceptors (Lipinski definition) is 3. The molecule has 0 aromatic heterocycles. The van der Waals surface area contributed by atoms with Crippen molar-refractivity contribution in [1.82, 2.24) is 10.2 Å². The zero-order chi connectivity index (χ0) is 12.0. The van der Waals surface area contributed by atoms with E-state index in [1.807, 2.05) is 0 Å². The van der Waals surface area contributed by atoms with E-state index in [2.05, 4.69) is 5.32 Å². The maximum Gasteiger partial charge on any atom is 0.259 e. The van der Waals surface area contributed by atoms with Gasteiger partial charge in [-0.2, -0.15) is 0 Å². The highest BCUT2D eigenvalue weighted by Crippen LogP contribution is 2.24. The van der Waals surface area contributed by atoms with Gasteiger partial charge in [-0.3, -0.25) is 4.79 Å². The molecular weight excluding hydrogens is 221 g/mol. The molecule has 1 aromatic rings. The first-order valence-corrected chi connectivity index (χ1v) is 5.74. The molecule has 1 amide bonds. The molecule has 90 valence electrons. The second-order valence-corrected chi connectivity index (χ2v) is 4.71. The predicted octanol–water partition coefficient (Wildman–Crippen LogP) is 0.594. The Morgan fingerprint density at radius 1 is 1.41 bits per heavy atom. The molecule has 1 aromatic carbocycles. The first-order valence-electron chi connectivity index (χ1n) is 5.74. The molecule has 5 heteroatoms. The van der Waals surface area contributed by atoms with Crippen molar-refractivity contribution in [2.45, 2.75) is 18.5 Å². The number of fused-ring (bicyclic) bond motifs is 2. The molecule has 3 heterocycles. The van der Waals surface area contributed by atoms with Gasteiger partial charge in [0.15, 0.2) is 0 Å². The Kier molecular flexibility index (Phi) is 2.29. The van der Waals surface area contributed by atoms with Crippen molar-refractivity contribution in [1.29, 1.82) is 0 Å². The van der Waals surface area contributed by atoms with Crippen LogP contribution >= 0.6 is 0 Å². The number of anilines is 1. The molecule has 0 saturated carbocycles. The molecule has 2 bridgehead atoms. The molecule has 4 rings (SSSR count). The predicted molar refractivity (Wildman–Crippen MR) is 62.0 cm³/mol. The van der Waals surface area contributed by atoms with Crippen molar-refractivity contribution in [3.05, 3.63) is 29.6 Å². The van der Waals surface area contributed by atoms with Gasteiger partial charge in [-0.25, -0.2) is 4.39 Å². The van der Waals surface area contributed by atoms with Gasteiger partial charge in [-0.15, -0.1) is 0 Å². The van der Waals surface area contributed by atoms with Crippen molar-refractivity contribution >= 4 is 11.6 Å². The number of nitrogens with zero attached hydrogens (tertiary/aromatic N) is 1. The maximum absolute atomic E-state index is 13.6. The molecule has 2 atom stereocenters. The average molecular weight is 235 g/mol. The Bertz CT molecular complexity index is 441. The molecule has 17 heavy (non-hydrogen) atoms. The first kappa shape index (κ1) is 10.5. The molecular formula is C12H14FN3O. The summed E-state index contributed by atoms with van der Waals surface area (Å²) in [6.45, 7) is 1.28. The number of rotatable bonds is 1. The van der Waals surface area contributed by atoms with E-state index in [1.54, 1.807) is 11.0 Å². The van der Waals surface area contributed by atoms with E-state index in [1.165, 1.54) is 12.1 Å². The van der Waals surface area contributed by atoms with E-state index in [4.69, 9.17) is 5.73 Å². The van der Waals surface area contributed by atoms with Crippen LogP contribution in [0.4, 0.5) is 10.1 Å². The van der Waals surface area contributed by atoms with Crippen LogP contribution in [0.2, 0.25) is 0 Å². The monoisotopic (exact) mass is 235 g/mol. The van der Waals surface area contributed by atoms with Gasteiger partial charge < -0.3 is 16.0 Å². The molecule has 0 aliphatic carbocycles. The number of piperazine rings is 1. The molecule has 0 spiro atoms. The van der Waals surface area contributed by atoms with Gasteiger partial charge in [-0.05, 0) is 18.6 Å². The lowest BCUT2D eigenvalue weighted by atomic mass is 9.91. The average Bonchev–Trinajstić information content (AvgIpc) is 2.28. The summed E-state index contributed by atoms with van der Waals surface area (Å²) in [5.74, 6) is -0.834. The van der Waals surface area contributed by atoms with Crippen molar-refractivity contribution in [3.8, 4) is 0 Å². The largest absolute Gasteiger partial charge is 0.398 e. The molecule has 3 fully saturated rings. The number of carbonyl (C=O) groups excluding carboxylic acids is 1. The van der Waals surface area contributed by atoms with Crippen molar-refractivity contribution in [2.24, 2.45) is 0 Å². The molecule has 3 saturated heterocycles. The van der Waals surface area contributed by atoms with Gasteiger partial charge in [0.05, 0.1) is 5.56 Å². The highest BCUT2D eigenvalue weighted by Gasteiger charge is 2.39. The summed E-state index contributed by atoms with van der Waals surface area (Å²) in [7, 11) is 0. The first-order chi connectivity index (χ1) is 8.15. The normalized spacial score (nSPS) is 26.5. The number of benzene rings is 1. The van der Waals surface area contributed by atoms with E-state index in [0.29, 0.717) is 25.2 Å². The fourth-order valence-corrected chi connectivity index (χ4v) is 2.60. The smallest absolute Gasteiger partial charge is 0.259 e. The van der Waals surface area contributed by atoms with E-state index in [-0.39, 0.29) is 17.2 Å². The summed E-state index contributed by atoms with van der Waals surface area (Å²) < 4.78 is 13.6. The summed E-state index contributed by atoms with van der Waals surface area (Å²) in [5.41, 5.74) is 5.89. The van der Waals surface area contributed by atoms with Crippen LogP contribution in [0.25, 0.3) is 0 Å². The third-order valence-corrected chi connectivity index (χ3v) is 3.47. The van der Waals surface area contributed by atoms with Crippen LogP contribution in [0, 0.1) is 5.82 Å². The summed E-state index contributed by atoms with van der Waals surface area (Å²) in [5, 5.41) is 3.33. The van der Waals surface area contributed by atoms with Crippen LogP contribution in [0.15, 0.2) is 18.2 Å². The summed E-state index contributed by atoms with van der Waals surface area (Å²) >= 11 is 0. The van der Waals surface area contributed by atoms with Crippen LogP contribution in [-0.2, 0) is 0 Å². The number of piperidine rings is 1. The number of nitrogen functional groups attached to an aromatic ring is 1. The summed E-state index contributed by atoms with van der Waals surface area (Å²) in [4.78, 5) is 13.9. The van der Waals surface area contributed by atoms with Crippen LogP contribution in [-0.4, -0.2) is 36.0 Å². The Morgan fingerprint density at radius 2 is 2.06 bits per heavy atom. The second-order valence-electron chi connectivity index (χ2n) is 4.71. The van der Waals surface area contributed by atoms with Gasteiger partial charge in [0.1, 0.15) is 5.82 Å². The minimum absolute atomic E-state index is 0.00815. The summed E-state index contributed by atoms with van der Waals surface area (Å²) in [6, 6.07) is 5.07. The zero-order valence-electron chi connectivity index (χ0n) is 9.32. The SMILES string of the molecule is Nc1cccc(F)c1C(=O)N1CC2CC(C1)N2. The van der Waals surface area contributed by atoms with E-state index < -0.39 is 5.82 Å². The van der Waals surface area contributed by atoms with E-state index in [0.717, 1.165) is 6.42 Å². The Labute approximate surface area is 98.6 Å². The van der Waals surface area contributed by atoms with Gasteiger partial charge in [0, 0.05) is 30.9 Å². The standard InChI is InChI=1S/C12H14FN3O/c13-9-2-1-3-10(14)11(9)12(17)16-5-7-4-8(6-16)15-7/h1-3,7-8,15H,4-6,14H2. The minimum atomic E-state index is -0.540. The Balaban J connectivity index is 1.86. The molecule has 4 nitrogen and oxygen atoms in total. The van der Waals surface area contributed by atoms with E-state index in [9.17, 15) is 9.18 Å². The highest BCUT2D eigenvalue weighted by atomic mass is 19.1. The number of hydrogen-bond donors (Lipinski definition) is 2. The molecule has 3 aliphatic rings. The Hall–Kier alpha value is -1.62.